The summed E-state index contributed by atoms with van der Waals surface area (Å²) in [5.74, 6) is 0.877. The molecule has 0 atom stereocenters. The Hall–Kier alpha value is -0.890. The molecule has 0 bridgehead atoms. The van der Waals surface area contributed by atoms with Gasteiger partial charge in [-0.2, -0.15) is 0 Å². The summed E-state index contributed by atoms with van der Waals surface area (Å²) in [6, 6.07) is 7.84. The minimum atomic E-state index is 0.322. The molecule has 0 heterocycles. The van der Waals surface area contributed by atoms with Crippen LogP contribution in [0.15, 0.2) is 40.6 Å². The maximum Gasteiger partial charge on any atom is 0.132 e. The standard InChI is InChI=1S/C10H12OS/c1-3-8-12-10-7-5-4-6-9(10)11-2/h3-8H,1-2H3/b8-3-/i1D. The third-order valence-corrected chi connectivity index (χ3v) is 2.28. The van der Waals surface area contributed by atoms with Crippen molar-refractivity contribution in [1.82, 2.24) is 0 Å². The number of ether oxygens (including phenoxy) is 1. The van der Waals surface area contributed by atoms with Crippen LogP contribution in [0.3, 0.4) is 0 Å². The molecule has 2 heteroatoms. The van der Waals surface area contributed by atoms with Gasteiger partial charge in [0.1, 0.15) is 5.75 Å². The van der Waals surface area contributed by atoms with Crippen LogP contribution in [-0.4, -0.2) is 7.11 Å². The molecular weight excluding hydrogens is 168 g/mol. The molecular formula is C10H12OS. The van der Waals surface area contributed by atoms with E-state index < -0.39 is 0 Å². The van der Waals surface area contributed by atoms with E-state index in [-0.39, 0.29) is 0 Å². The van der Waals surface area contributed by atoms with Crippen LogP contribution in [0.25, 0.3) is 0 Å². The van der Waals surface area contributed by atoms with Crippen molar-refractivity contribution in [3.05, 3.63) is 35.7 Å². The van der Waals surface area contributed by atoms with Crippen molar-refractivity contribution in [3.63, 3.8) is 0 Å². The Morgan fingerprint density at radius 3 is 3.08 bits per heavy atom. The summed E-state index contributed by atoms with van der Waals surface area (Å²) in [5, 5.41) is 1.91. The van der Waals surface area contributed by atoms with Crippen molar-refractivity contribution in [2.75, 3.05) is 7.11 Å². The van der Waals surface area contributed by atoms with Gasteiger partial charge in [0.15, 0.2) is 0 Å². The highest BCUT2D eigenvalue weighted by atomic mass is 32.2. The Kier molecular flexibility index (Phi) is 3.15. The van der Waals surface area contributed by atoms with Gasteiger partial charge in [-0.3, -0.25) is 0 Å². The fourth-order valence-electron chi connectivity index (χ4n) is 0.838. The number of methoxy groups -OCH3 is 1. The van der Waals surface area contributed by atoms with Gasteiger partial charge in [0.25, 0.3) is 0 Å². The van der Waals surface area contributed by atoms with E-state index >= 15 is 0 Å². The van der Waals surface area contributed by atoms with Crippen molar-refractivity contribution in [3.8, 4) is 5.75 Å². The van der Waals surface area contributed by atoms with E-state index in [1.807, 2.05) is 29.7 Å². The lowest BCUT2D eigenvalue weighted by molar-refractivity contribution is 0.405. The zero-order valence-corrected chi connectivity index (χ0v) is 7.80. The molecule has 0 aliphatic carbocycles. The van der Waals surface area contributed by atoms with Gasteiger partial charge in [-0.05, 0) is 24.4 Å². The molecule has 1 aromatic rings. The summed E-state index contributed by atoms with van der Waals surface area (Å²) in [5.41, 5.74) is 0. The lowest BCUT2D eigenvalue weighted by atomic mass is 10.3. The van der Waals surface area contributed by atoms with E-state index in [1.54, 1.807) is 24.9 Å². The largest absolute Gasteiger partial charge is 0.496 e. The molecule has 12 heavy (non-hydrogen) atoms. The normalized spacial score (nSPS) is 11.6. The van der Waals surface area contributed by atoms with E-state index in [9.17, 15) is 0 Å². The van der Waals surface area contributed by atoms with Crippen LogP contribution in [0.1, 0.15) is 8.27 Å². The zero-order valence-electron chi connectivity index (χ0n) is 7.99. The van der Waals surface area contributed by atoms with Gasteiger partial charge in [-0.1, -0.05) is 30.0 Å². The zero-order chi connectivity index (χ0) is 9.52. The Labute approximate surface area is 78.8 Å². The van der Waals surface area contributed by atoms with Gasteiger partial charge < -0.3 is 4.74 Å². The molecule has 0 radical (unpaired) electrons. The van der Waals surface area contributed by atoms with E-state index in [2.05, 4.69) is 0 Å². The van der Waals surface area contributed by atoms with Crippen LogP contribution in [0.2, 0.25) is 0 Å². The van der Waals surface area contributed by atoms with Gasteiger partial charge in [0.05, 0.1) is 12.0 Å². The Bertz CT molecular complexity index is 286. The second-order valence-electron chi connectivity index (χ2n) is 2.14. The molecule has 0 aliphatic heterocycles. The summed E-state index contributed by atoms with van der Waals surface area (Å²) in [6.07, 6.45) is 1.80. The lowest BCUT2D eigenvalue weighted by Crippen LogP contribution is -1.83. The van der Waals surface area contributed by atoms with Crippen molar-refractivity contribution >= 4 is 11.8 Å². The maximum absolute atomic E-state index is 6.94. The first-order chi connectivity index (χ1) is 6.38. The summed E-state index contributed by atoms with van der Waals surface area (Å²) in [6.45, 7) is 0.322. The molecule has 0 unspecified atom stereocenters. The third kappa shape index (κ3) is 2.31. The average Bonchev–Trinajstić information content (AvgIpc) is 2.19. The lowest BCUT2D eigenvalue weighted by Gasteiger charge is -2.03. The minimum absolute atomic E-state index is 0.322. The van der Waals surface area contributed by atoms with Gasteiger partial charge in [-0.25, -0.2) is 0 Å². The van der Waals surface area contributed by atoms with Crippen LogP contribution in [-0.2, 0) is 0 Å². The minimum Gasteiger partial charge on any atom is -0.496 e. The molecule has 0 saturated heterocycles. The fourth-order valence-corrected chi connectivity index (χ4v) is 1.51. The number of thioether (sulfide) groups is 1. The smallest absolute Gasteiger partial charge is 0.132 e. The van der Waals surface area contributed by atoms with Crippen molar-refractivity contribution in [1.29, 1.82) is 0 Å². The van der Waals surface area contributed by atoms with Gasteiger partial charge in [0, 0.05) is 1.37 Å². The molecule has 0 aliphatic rings. The molecule has 1 rings (SSSR count). The summed E-state index contributed by atoms with van der Waals surface area (Å²) in [4.78, 5) is 1.08. The molecule has 0 spiro atoms. The van der Waals surface area contributed by atoms with Crippen LogP contribution < -0.4 is 4.74 Å². The van der Waals surface area contributed by atoms with E-state index in [1.165, 1.54) is 0 Å². The van der Waals surface area contributed by atoms with Crippen LogP contribution >= 0.6 is 11.8 Å². The van der Waals surface area contributed by atoms with Crippen LogP contribution in [0, 0.1) is 0 Å². The van der Waals surface area contributed by atoms with Gasteiger partial charge >= 0.3 is 0 Å². The van der Waals surface area contributed by atoms with Gasteiger partial charge in [-0.15, -0.1) is 0 Å². The molecule has 0 saturated carbocycles. The summed E-state index contributed by atoms with van der Waals surface area (Å²) >= 11 is 1.57. The monoisotopic (exact) mass is 181 g/mol. The van der Waals surface area contributed by atoms with E-state index in [0.29, 0.717) is 6.90 Å². The van der Waals surface area contributed by atoms with Crippen LogP contribution in [0.5, 0.6) is 5.75 Å². The average molecular weight is 181 g/mol. The quantitative estimate of drug-likeness (QED) is 0.661. The third-order valence-electron chi connectivity index (χ3n) is 1.36. The summed E-state index contributed by atoms with van der Waals surface area (Å²) in [7, 11) is 1.66. The van der Waals surface area contributed by atoms with Crippen molar-refractivity contribution in [2.24, 2.45) is 0 Å². The molecule has 0 amide bonds. The highest BCUT2D eigenvalue weighted by Crippen LogP contribution is 2.28. The second kappa shape index (κ2) is 4.88. The number of allylic oxidation sites excluding steroid dienone is 1. The van der Waals surface area contributed by atoms with Gasteiger partial charge in [0.2, 0.25) is 0 Å². The highest BCUT2D eigenvalue weighted by Gasteiger charge is 1.98. The second-order valence-corrected chi connectivity index (χ2v) is 3.09. The predicted octanol–water partition coefficient (Wildman–Crippen LogP) is 3.32. The number of para-hydroxylation sites is 1. The number of hydrogen-bond donors (Lipinski definition) is 0. The van der Waals surface area contributed by atoms with Crippen LogP contribution in [0.4, 0.5) is 0 Å². The first-order valence-electron chi connectivity index (χ1n) is 4.33. The molecule has 0 aromatic heterocycles. The van der Waals surface area contributed by atoms with Crippen molar-refractivity contribution in [2.45, 2.75) is 11.8 Å². The number of rotatable bonds is 3. The maximum atomic E-state index is 6.94. The molecule has 64 valence electrons. The highest BCUT2D eigenvalue weighted by molar-refractivity contribution is 8.02. The Balaban J connectivity index is 2.69. The SMILES string of the molecule is [2H]C/C=C\Sc1ccccc1OC. The molecule has 1 aromatic carbocycles. The van der Waals surface area contributed by atoms with E-state index in [0.717, 1.165) is 10.6 Å². The number of hydrogen-bond acceptors (Lipinski definition) is 2. The first-order valence-corrected chi connectivity index (χ1v) is 4.50. The Morgan fingerprint density at radius 1 is 1.50 bits per heavy atom. The predicted molar refractivity (Wildman–Crippen MR) is 53.7 cm³/mol. The topological polar surface area (TPSA) is 9.23 Å². The summed E-state index contributed by atoms with van der Waals surface area (Å²) < 4.78 is 12.1. The van der Waals surface area contributed by atoms with Crippen molar-refractivity contribution < 1.29 is 6.11 Å². The van der Waals surface area contributed by atoms with E-state index in [4.69, 9.17) is 6.11 Å². The molecule has 0 fully saturated rings. The number of benzene rings is 1. The fraction of sp³-hybridized carbons (Fsp3) is 0.200. The molecule has 1 nitrogen and oxygen atoms in total. The Morgan fingerprint density at radius 2 is 2.33 bits per heavy atom. The first kappa shape index (κ1) is 7.74. The molecule has 0 N–H and O–H groups in total.